The minimum Gasteiger partial charge on any atom is -0.339 e. The van der Waals surface area contributed by atoms with Crippen LogP contribution in [0.5, 0.6) is 0 Å². The molecule has 0 unspecified atom stereocenters. The second kappa shape index (κ2) is 6.56. The number of alkyl halides is 1. The van der Waals surface area contributed by atoms with Gasteiger partial charge in [0.2, 0.25) is 0 Å². The van der Waals surface area contributed by atoms with Gasteiger partial charge in [0.15, 0.2) is 0 Å². The number of aromatic nitrogens is 3. The summed E-state index contributed by atoms with van der Waals surface area (Å²) in [6.45, 7) is 1.98. The van der Waals surface area contributed by atoms with Crippen molar-refractivity contribution in [3.8, 4) is 11.3 Å². The van der Waals surface area contributed by atoms with Crippen molar-refractivity contribution >= 4 is 22.6 Å². The predicted molar refractivity (Wildman–Crippen MR) is 106 cm³/mol. The Bertz CT molecular complexity index is 1040. The number of hydrogen-bond acceptors (Lipinski definition) is 3. The van der Waals surface area contributed by atoms with E-state index in [9.17, 15) is 0 Å². The summed E-state index contributed by atoms with van der Waals surface area (Å²) in [5.74, 6) is 0.505. The van der Waals surface area contributed by atoms with Crippen molar-refractivity contribution in [1.82, 2.24) is 15.0 Å². The third-order valence-corrected chi connectivity index (χ3v) is 5.02. The molecular formula is C21H19ClN4. The molecule has 0 aliphatic carbocycles. The van der Waals surface area contributed by atoms with E-state index in [-0.39, 0.29) is 0 Å². The van der Waals surface area contributed by atoms with Crippen molar-refractivity contribution in [2.75, 3.05) is 0 Å². The second-order valence-electron chi connectivity index (χ2n) is 6.57. The highest BCUT2D eigenvalue weighted by Crippen LogP contribution is 2.32. The number of hydrogen-bond donors (Lipinski definition) is 2. The van der Waals surface area contributed by atoms with E-state index in [0.717, 1.165) is 39.1 Å². The molecule has 4 nitrogen and oxygen atoms in total. The van der Waals surface area contributed by atoms with Crippen LogP contribution in [0.2, 0.25) is 0 Å². The first kappa shape index (κ1) is 16.8. The number of H-pyrrole nitrogens is 1. The van der Waals surface area contributed by atoms with Gasteiger partial charge < -0.3 is 10.7 Å². The lowest BCUT2D eigenvalue weighted by Gasteiger charge is -2.25. The lowest BCUT2D eigenvalue weighted by Crippen LogP contribution is -2.35. The van der Waals surface area contributed by atoms with Crippen LogP contribution in [0, 0.1) is 0 Å². The van der Waals surface area contributed by atoms with E-state index in [1.54, 1.807) is 6.33 Å². The van der Waals surface area contributed by atoms with Crippen LogP contribution in [0.4, 0.5) is 0 Å². The van der Waals surface area contributed by atoms with Gasteiger partial charge in [0.05, 0.1) is 11.2 Å². The van der Waals surface area contributed by atoms with Gasteiger partial charge in [-0.3, -0.25) is 0 Å². The fraction of sp³-hybridized carbons (Fsp3) is 0.143. The Morgan fingerprint density at radius 1 is 1.04 bits per heavy atom. The number of halogens is 1. The molecule has 0 aliphatic rings. The summed E-state index contributed by atoms with van der Waals surface area (Å²) >= 11 is 5.88. The Labute approximate surface area is 157 Å². The van der Waals surface area contributed by atoms with E-state index >= 15 is 0 Å². The summed E-state index contributed by atoms with van der Waals surface area (Å²) in [5.41, 5.74) is 11.7. The smallest absolute Gasteiger partial charge is 0.141 e. The van der Waals surface area contributed by atoms with Crippen LogP contribution in [0.15, 0.2) is 67.0 Å². The molecule has 2 heterocycles. The fourth-order valence-corrected chi connectivity index (χ4v) is 3.38. The molecule has 2 aromatic carbocycles. The zero-order valence-electron chi connectivity index (χ0n) is 14.4. The van der Waals surface area contributed by atoms with Gasteiger partial charge in [-0.15, -0.1) is 11.6 Å². The third-order valence-electron chi connectivity index (χ3n) is 4.71. The van der Waals surface area contributed by atoms with E-state index in [0.29, 0.717) is 5.88 Å². The van der Waals surface area contributed by atoms with Gasteiger partial charge in [-0.2, -0.15) is 0 Å². The Hall–Kier alpha value is -2.69. The van der Waals surface area contributed by atoms with Gasteiger partial charge in [-0.1, -0.05) is 54.6 Å². The average molecular weight is 363 g/mol. The molecule has 0 aliphatic heterocycles. The largest absolute Gasteiger partial charge is 0.339 e. The van der Waals surface area contributed by atoms with Crippen molar-refractivity contribution in [1.29, 1.82) is 0 Å². The van der Waals surface area contributed by atoms with Crippen molar-refractivity contribution in [2.45, 2.75) is 18.3 Å². The number of nitrogens with zero attached hydrogens (tertiary/aromatic N) is 2. The van der Waals surface area contributed by atoms with E-state index in [1.165, 1.54) is 0 Å². The number of nitrogens with one attached hydrogen (secondary N) is 1. The minimum absolute atomic E-state index is 0.505. The number of aromatic amines is 1. The van der Waals surface area contributed by atoms with Crippen LogP contribution >= 0.6 is 11.6 Å². The van der Waals surface area contributed by atoms with Gasteiger partial charge in [0, 0.05) is 17.0 Å². The van der Waals surface area contributed by atoms with Crippen LogP contribution in [0.1, 0.15) is 23.7 Å². The second-order valence-corrected chi connectivity index (χ2v) is 6.83. The minimum atomic E-state index is -0.718. The fourth-order valence-electron chi connectivity index (χ4n) is 3.20. The number of rotatable bonds is 4. The molecule has 0 saturated carbocycles. The first-order chi connectivity index (χ1) is 12.6. The Kier molecular flexibility index (Phi) is 4.23. The van der Waals surface area contributed by atoms with Crippen LogP contribution in [-0.2, 0) is 11.4 Å². The first-order valence-electron chi connectivity index (χ1n) is 8.43. The quantitative estimate of drug-likeness (QED) is 0.522. The van der Waals surface area contributed by atoms with E-state index in [1.807, 2.05) is 61.5 Å². The summed E-state index contributed by atoms with van der Waals surface area (Å²) in [4.78, 5) is 12.3. The first-order valence-corrected chi connectivity index (χ1v) is 8.97. The molecule has 130 valence electrons. The number of benzene rings is 2. The number of nitrogens with two attached hydrogens (primary N) is 1. The lowest BCUT2D eigenvalue weighted by molar-refractivity contribution is 0.587. The molecule has 4 rings (SSSR count). The Balaban J connectivity index is 1.83. The molecule has 26 heavy (non-hydrogen) atoms. The van der Waals surface area contributed by atoms with E-state index in [4.69, 9.17) is 17.3 Å². The van der Waals surface area contributed by atoms with Crippen LogP contribution in [0.3, 0.4) is 0 Å². The van der Waals surface area contributed by atoms with Gasteiger partial charge in [-0.25, -0.2) is 9.97 Å². The molecule has 4 aromatic rings. The molecule has 5 heteroatoms. The van der Waals surface area contributed by atoms with Crippen molar-refractivity contribution in [2.24, 2.45) is 5.73 Å². The molecule has 3 N–H and O–H groups in total. The van der Waals surface area contributed by atoms with Crippen LogP contribution in [0.25, 0.3) is 22.3 Å². The molecule has 2 aromatic heterocycles. The van der Waals surface area contributed by atoms with Crippen molar-refractivity contribution < 1.29 is 0 Å². The van der Waals surface area contributed by atoms with Gasteiger partial charge in [-0.05, 0) is 29.7 Å². The molecule has 0 spiro atoms. The maximum Gasteiger partial charge on any atom is 0.141 e. The van der Waals surface area contributed by atoms with Crippen LogP contribution in [-0.4, -0.2) is 15.0 Å². The molecular weight excluding hydrogens is 344 g/mol. The topological polar surface area (TPSA) is 67.6 Å². The summed E-state index contributed by atoms with van der Waals surface area (Å²) < 4.78 is 0. The SMILES string of the molecule is C[C@@](N)(c1ccccc1)c1ncnc2[nH]c(-c3ccc(CCl)cc3)cc12. The maximum atomic E-state index is 6.69. The summed E-state index contributed by atoms with van der Waals surface area (Å²) in [6.07, 6.45) is 1.56. The average Bonchev–Trinajstić information content (AvgIpc) is 3.13. The Morgan fingerprint density at radius 3 is 2.46 bits per heavy atom. The van der Waals surface area contributed by atoms with Crippen molar-refractivity contribution in [3.05, 3.63) is 83.8 Å². The predicted octanol–water partition coefficient (Wildman–Crippen LogP) is 4.59. The van der Waals surface area contributed by atoms with Gasteiger partial charge in [0.1, 0.15) is 12.0 Å². The van der Waals surface area contributed by atoms with Gasteiger partial charge in [0.25, 0.3) is 0 Å². The molecule has 0 saturated heterocycles. The molecule has 0 bridgehead atoms. The monoisotopic (exact) mass is 362 g/mol. The highest BCUT2D eigenvalue weighted by atomic mass is 35.5. The highest BCUT2D eigenvalue weighted by molar-refractivity contribution is 6.17. The Morgan fingerprint density at radius 2 is 1.77 bits per heavy atom. The van der Waals surface area contributed by atoms with Crippen molar-refractivity contribution in [3.63, 3.8) is 0 Å². The summed E-state index contributed by atoms with van der Waals surface area (Å²) in [6, 6.07) is 20.2. The summed E-state index contributed by atoms with van der Waals surface area (Å²) in [7, 11) is 0. The highest BCUT2D eigenvalue weighted by Gasteiger charge is 2.28. The molecule has 0 radical (unpaired) electrons. The summed E-state index contributed by atoms with van der Waals surface area (Å²) in [5, 5.41) is 0.928. The molecule has 1 atom stereocenters. The van der Waals surface area contributed by atoms with E-state index in [2.05, 4.69) is 21.0 Å². The number of fused-ring (bicyclic) bond motifs is 1. The zero-order valence-corrected chi connectivity index (χ0v) is 15.2. The lowest BCUT2D eigenvalue weighted by atomic mass is 9.88. The third kappa shape index (κ3) is 2.87. The molecule has 0 fully saturated rings. The van der Waals surface area contributed by atoms with Gasteiger partial charge >= 0.3 is 0 Å². The standard InChI is InChI=1S/C21H19ClN4/c1-21(23,16-5-3-2-4-6-16)19-17-11-18(26-20(17)25-13-24-19)15-9-7-14(12-22)8-10-15/h2-11,13H,12,23H2,1H3,(H,24,25,26)/t21-/m1/s1. The van der Waals surface area contributed by atoms with Crippen LogP contribution < -0.4 is 5.73 Å². The maximum absolute atomic E-state index is 6.69. The molecule has 0 amide bonds. The van der Waals surface area contributed by atoms with E-state index < -0.39 is 5.54 Å². The zero-order chi connectivity index (χ0) is 18.1. The normalized spacial score (nSPS) is 13.7.